The van der Waals surface area contributed by atoms with Gasteiger partial charge in [-0.3, -0.25) is 0 Å². The molecule has 0 spiro atoms. The third-order valence-corrected chi connectivity index (χ3v) is 3.08. The summed E-state index contributed by atoms with van der Waals surface area (Å²) in [6.07, 6.45) is 0. The van der Waals surface area contributed by atoms with Gasteiger partial charge < -0.3 is 10.2 Å². The highest BCUT2D eigenvalue weighted by atomic mass is 19.1. The maximum absolute atomic E-state index is 13.4. The van der Waals surface area contributed by atoms with Gasteiger partial charge in [0.05, 0.1) is 5.69 Å². The first-order valence-electron chi connectivity index (χ1n) is 6.43. The number of likely N-dealkylation sites (N-methyl/N-ethyl adjacent to an activating group) is 1. The van der Waals surface area contributed by atoms with E-state index in [0.717, 1.165) is 6.54 Å². The molecule has 1 N–H and O–H groups in total. The Balaban J connectivity index is 1.88. The standard InChI is InChI=1S/C16H19FN2/c1-13-6-5-7-14(12-13)19(2)11-10-18-16-9-4-3-8-15(16)17/h3-9,12,18H,10-11H2,1-2H3. The van der Waals surface area contributed by atoms with E-state index in [1.165, 1.54) is 17.3 Å². The highest BCUT2D eigenvalue weighted by Crippen LogP contribution is 2.15. The number of aryl methyl sites for hydroxylation is 1. The van der Waals surface area contributed by atoms with E-state index in [2.05, 4.69) is 35.3 Å². The van der Waals surface area contributed by atoms with Gasteiger partial charge in [0.1, 0.15) is 5.82 Å². The van der Waals surface area contributed by atoms with Crippen LogP contribution in [0.5, 0.6) is 0 Å². The molecule has 0 saturated heterocycles. The Kier molecular flexibility index (Phi) is 4.39. The summed E-state index contributed by atoms with van der Waals surface area (Å²) in [5.74, 6) is -0.208. The molecule has 3 heteroatoms. The molecule has 0 unspecified atom stereocenters. The Hall–Kier alpha value is -2.03. The molecule has 0 aliphatic rings. The van der Waals surface area contributed by atoms with Crippen molar-refractivity contribution in [3.8, 4) is 0 Å². The first-order valence-corrected chi connectivity index (χ1v) is 6.43. The van der Waals surface area contributed by atoms with E-state index in [0.29, 0.717) is 12.2 Å². The maximum Gasteiger partial charge on any atom is 0.146 e. The van der Waals surface area contributed by atoms with Gasteiger partial charge in [-0.15, -0.1) is 0 Å². The van der Waals surface area contributed by atoms with Crippen molar-refractivity contribution in [1.29, 1.82) is 0 Å². The average Bonchev–Trinajstić information content (AvgIpc) is 2.41. The summed E-state index contributed by atoms with van der Waals surface area (Å²) in [7, 11) is 2.04. The lowest BCUT2D eigenvalue weighted by Gasteiger charge is -2.20. The molecule has 0 amide bonds. The molecule has 0 saturated carbocycles. The van der Waals surface area contributed by atoms with E-state index in [4.69, 9.17) is 0 Å². The zero-order valence-corrected chi connectivity index (χ0v) is 11.4. The monoisotopic (exact) mass is 258 g/mol. The SMILES string of the molecule is Cc1cccc(N(C)CCNc2ccccc2F)c1. The minimum absolute atomic E-state index is 0.208. The van der Waals surface area contributed by atoms with Gasteiger partial charge in [0.2, 0.25) is 0 Å². The van der Waals surface area contributed by atoms with Gasteiger partial charge in [-0.1, -0.05) is 24.3 Å². The number of halogens is 1. The van der Waals surface area contributed by atoms with Crippen molar-refractivity contribution in [2.75, 3.05) is 30.4 Å². The van der Waals surface area contributed by atoms with Gasteiger partial charge in [-0.25, -0.2) is 4.39 Å². The number of anilines is 2. The van der Waals surface area contributed by atoms with Crippen LogP contribution in [0.4, 0.5) is 15.8 Å². The molecule has 0 radical (unpaired) electrons. The molecule has 0 aliphatic heterocycles. The van der Waals surface area contributed by atoms with Gasteiger partial charge in [0.15, 0.2) is 0 Å². The van der Waals surface area contributed by atoms with Crippen LogP contribution in [0.1, 0.15) is 5.56 Å². The quantitative estimate of drug-likeness (QED) is 0.880. The molecular weight excluding hydrogens is 239 g/mol. The molecule has 0 aromatic heterocycles. The van der Waals surface area contributed by atoms with Crippen LogP contribution in [0.3, 0.4) is 0 Å². The van der Waals surface area contributed by atoms with Crippen LogP contribution in [0.15, 0.2) is 48.5 Å². The summed E-state index contributed by atoms with van der Waals surface area (Å²) in [5.41, 5.74) is 2.97. The number of benzene rings is 2. The van der Waals surface area contributed by atoms with E-state index in [-0.39, 0.29) is 5.82 Å². The molecule has 2 aromatic rings. The minimum Gasteiger partial charge on any atom is -0.381 e. The lowest BCUT2D eigenvalue weighted by molar-refractivity contribution is 0.630. The van der Waals surface area contributed by atoms with Crippen LogP contribution < -0.4 is 10.2 Å². The van der Waals surface area contributed by atoms with E-state index in [1.807, 2.05) is 19.2 Å². The Labute approximate surface area is 113 Å². The van der Waals surface area contributed by atoms with Gasteiger partial charge in [-0.2, -0.15) is 0 Å². The third kappa shape index (κ3) is 3.71. The lowest BCUT2D eigenvalue weighted by atomic mass is 10.2. The smallest absolute Gasteiger partial charge is 0.146 e. The van der Waals surface area contributed by atoms with E-state index in [9.17, 15) is 4.39 Å². The van der Waals surface area contributed by atoms with Crippen LogP contribution >= 0.6 is 0 Å². The summed E-state index contributed by atoms with van der Waals surface area (Å²) >= 11 is 0. The Bertz CT molecular complexity index is 540. The van der Waals surface area contributed by atoms with Crippen LogP contribution in [0.2, 0.25) is 0 Å². The molecule has 0 bridgehead atoms. The predicted octanol–water partition coefficient (Wildman–Crippen LogP) is 3.68. The van der Waals surface area contributed by atoms with Gasteiger partial charge in [-0.05, 0) is 36.8 Å². The van der Waals surface area contributed by atoms with E-state index in [1.54, 1.807) is 12.1 Å². The second-order valence-corrected chi connectivity index (χ2v) is 4.67. The Morgan fingerprint density at radius 3 is 2.63 bits per heavy atom. The number of hydrogen-bond acceptors (Lipinski definition) is 2. The van der Waals surface area contributed by atoms with E-state index < -0.39 is 0 Å². The summed E-state index contributed by atoms with van der Waals surface area (Å²) in [6, 6.07) is 15.1. The van der Waals surface area contributed by atoms with Crippen LogP contribution in [0, 0.1) is 12.7 Å². The fourth-order valence-electron chi connectivity index (χ4n) is 1.96. The van der Waals surface area contributed by atoms with Gasteiger partial charge >= 0.3 is 0 Å². The normalized spacial score (nSPS) is 10.3. The second kappa shape index (κ2) is 6.23. The predicted molar refractivity (Wildman–Crippen MR) is 79.3 cm³/mol. The molecule has 2 aromatic carbocycles. The second-order valence-electron chi connectivity index (χ2n) is 4.67. The fraction of sp³-hybridized carbons (Fsp3) is 0.250. The number of nitrogens with zero attached hydrogens (tertiary/aromatic N) is 1. The average molecular weight is 258 g/mol. The Morgan fingerprint density at radius 2 is 1.89 bits per heavy atom. The molecule has 0 atom stereocenters. The number of hydrogen-bond donors (Lipinski definition) is 1. The largest absolute Gasteiger partial charge is 0.381 e. The van der Waals surface area contributed by atoms with Crippen molar-refractivity contribution in [1.82, 2.24) is 0 Å². The van der Waals surface area contributed by atoms with Gasteiger partial charge in [0, 0.05) is 25.8 Å². The van der Waals surface area contributed by atoms with Crippen LogP contribution in [-0.4, -0.2) is 20.1 Å². The van der Waals surface area contributed by atoms with Crippen molar-refractivity contribution in [3.63, 3.8) is 0 Å². The zero-order chi connectivity index (χ0) is 13.7. The first kappa shape index (κ1) is 13.4. The zero-order valence-electron chi connectivity index (χ0n) is 11.4. The number of para-hydroxylation sites is 1. The van der Waals surface area contributed by atoms with Crippen LogP contribution in [0.25, 0.3) is 0 Å². The minimum atomic E-state index is -0.208. The lowest BCUT2D eigenvalue weighted by Crippen LogP contribution is -2.24. The maximum atomic E-state index is 13.4. The van der Waals surface area contributed by atoms with Crippen molar-refractivity contribution < 1.29 is 4.39 Å². The molecule has 2 rings (SSSR count). The molecule has 0 aliphatic carbocycles. The molecular formula is C16H19FN2. The van der Waals surface area contributed by atoms with Crippen molar-refractivity contribution in [2.45, 2.75) is 6.92 Å². The fourth-order valence-corrected chi connectivity index (χ4v) is 1.96. The van der Waals surface area contributed by atoms with Crippen LogP contribution in [-0.2, 0) is 0 Å². The molecule has 100 valence electrons. The molecule has 19 heavy (non-hydrogen) atoms. The highest BCUT2D eigenvalue weighted by Gasteiger charge is 2.02. The molecule has 0 fully saturated rings. The summed E-state index contributed by atoms with van der Waals surface area (Å²) in [5, 5.41) is 3.11. The van der Waals surface area contributed by atoms with E-state index >= 15 is 0 Å². The Morgan fingerprint density at radius 1 is 1.11 bits per heavy atom. The van der Waals surface area contributed by atoms with Gasteiger partial charge in [0.25, 0.3) is 0 Å². The first-order chi connectivity index (χ1) is 9.16. The number of rotatable bonds is 5. The van der Waals surface area contributed by atoms with Crippen molar-refractivity contribution in [3.05, 3.63) is 59.9 Å². The highest BCUT2D eigenvalue weighted by molar-refractivity contribution is 5.48. The summed E-state index contributed by atoms with van der Waals surface area (Å²) in [6.45, 7) is 3.60. The topological polar surface area (TPSA) is 15.3 Å². The molecule has 2 nitrogen and oxygen atoms in total. The summed E-state index contributed by atoms with van der Waals surface area (Å²) in [4.78, 5) is 2.15. The van der Waals surface area contributed by atoms with Crippen molar-refractivity contribution >= 4 is 11.4 Å². The van der Waals surface area contributed by atoms with Crippen molar-refractivity contribution in [2.24, 2.45) is 0 Å². The molecule has 0 heterocycles. The third-order valence-electron chi connectivity index (χ3n) is 3.08. The summed E-state index contributed by atoms with van der Waals surface area (Å²) < 4.78 is 13.4. The number of nitrogens with one attached hydrogen (secondary N) is 1.